The Bertz CT molecular complexity index is 617. The summed E-state index contributed by atoms with van der Waals surface area (Å²) in [7, 11) is 0. The number of benzene rings is 1. The lowest BCUT2D eigenvalue weighted by Crippen LogP contribution is -2.12. The van der Waals surface area contributed by atoms with Gasteiger partial charge in [-0.25, -0.2) is 9.59 Å². The summed E-state index contributed by atoms with van der Waals surface area (Å²) in [6.07, 6.45) is 2.28. The summed E-state index contributed by atoms with van der Waals surface area (Å²) in [5.41, 5.74) is 0. The molecule has 0 aliphatic carbocycles. The molecular formula is C16H16O6. The van der Waals surface area contributed by atoms with Gasteiger partial charge in [-0.15, -0.1) is 0 Å². The van der Waals surface area contributed by atoms with Gasteiger partial charge in [-0.05, 0) is 30.7 Å². The number of hydrogen-bond acceptors (Lipinski definition) is 6. The molecule has 116 valence electrons. The van der Waals surface area contributed by atoms with E-state index in [1.54, 1.807) is 24.3 Å². The van der Waals surface area contributed by atoms with E-state index in [4.69, 9.17) is 18.6 Å². The maximum absolute atomic E-state index is 11.7. The van der Waals surface area contributed by atoms with Crippen molar-refractivity contribution < 1.29 is 28.2 Å². The minimum absolute atomic E-state index is 0.0882. The molecule has 1 aromatic carbocycles. The molecule has 0 amide bonds. The fourth-order valence-electron chi connectivity index (χ4n) is 1.58. The van der Waals surface area contributed by atoms with Crippen molar-refractivity contribution in [3.63, 3.8) is 0 Å². The van der Waals surface area contributed by atoms with Crippen LogP contribution in [0.5, 0.6) is 11.5 Å². The van der Waals surface area contributed by atoms with Gasteiger partial charge < -0.3 is 18.6 Å². The van der Waals surface area contributed by atoms with Crippen LogP contribution in [0.25, 0.3) is 0 Å². The molecule has 0 N–H and O–H groups in total. The number of esters is 1. The van der Waals surface area contributed by atoms with E-state index in [1.165, 1.54) is 18.4 Å². The minimum atomic E-state index is -0.789. The van der Waals surface area contributed by atoms with Gasteiger partial charge in [-0.1, -0.05) is 19.4 Å². The highest BCUT2D eigenvalue weighted by Crippen LogP contribution is 2.21. The monoisotopic (exact) mass is 304 g/mol. The quantitative estimate of drug-likeness (QED) is 0.349. The molecule has 1 heterocycles. The third-order valence-electron chi connectivity index (χ3n) is 2.66. The van der Waals surface area contributed by atoms with Gasteiger partial charge in [0.1, 0.15) is 11.5 Å². The van der Waals surface area contributed by atoms with E-state index in [0.717, 1.165) is 12.8 Å². The zero-order chi connectivity index (χ0) is 15.8. The predicted octanol–water partition coefficient (Wildman–Crippen LogP) is 3.81. The summed E-state index contributed by atoms with van der Waals surface area (Å²) in [4.78, 5) is 23.2. The maximum atomic E-state index is 11.7. The van der Waals surface area contributed by atoms with E-state index in [2.05, 4.69) is 0 Å². The van der Waals surface area contributed by atoms with Crippen molar-refractivity contribution in [1.82, 2.24) is 0 Å². The highest BCUT2D eigenvalue weighted by Gasteiger charge is 2.12. The van der Waals surface area contributed by atoms with Crippen molar-refractivity contribution >= 4 is 12.1 Å². The molecule has 6 heteroatoms. The molecule has 0 atom stereocenters. The molecular weight excluding hydrogens is 288 g/mol. The van der Waals surface area contributed by atoms with Crippen LogP contribution in [-0.2, 0) is 4.74 Å². The van der Waals surface area contributed by atoms with Crippen molar-refractivity contribution in [2.45, 2.75) is 19.8 Å². The van der Waals surface area contributed by atoms with E-state index in [1.807, 2.05) is 6.92 Å². The maximum Gasteiger partial charge on any atom is 0.513 e. The Morgan fingerprint density at radius 2 is 1.86 bits per heavy atom. The summed E-state index contributed by atoms with van der Waals surface area (Å²) in [5, 5.41) is 0. The Hall–Kier alpha value is -2.76. The van der Waals surface area contributed by atoms with Crippen molar-refractivity contribution in [1.29, 1.82) is 0 Å². The Labute approximate surface area is 127 Å². The fraction of sp³-hybridized carbons (Fsp3) is 0.250. The Kier molecular flexibility index (Phi) is 5.59. The lowest BCUT2D eigenvalue weighted by molar-refractivity contribution is 0.0701. The van der Waals surface area contributed by atoms with Crippen LogP contribution in [0.3, 0.4) is 0 Å². The Balaban J connectivity index is 1.92. The largest absolute Gasteiger partial charge is 0.513 e. The highest BCUT2D eigenvalue weighted by molar-refractivity contribution is 5.88. The first-order valence-corrected chi connectivity index (χ1v) is 6.89. The number of rotatable bonds is 6. The summed E-state index contributed by atoms with van der Waals surface area (Å²) in [6.45, 7) is 2.30. The Morgan fingerprint density at radius 3 is 2.55 bits per heavy atom. The molecule has 0 aliphatic heterocycles. The third kappa shape index (κ3) is 4.66. The van der Waals surface area contributed by atoms with Crippen LogP contribution in [-0.4, -0.2) is 18.7 Å². The zero-order valence-electron chi connectivity index (χ0n) is 12.1. The van der Waals surface area contributed by atoms with Crippen LogP contribution in [0.2, 0.25) is 0 Å². The normalized spacial score (nSPS) is 10.0. The third-order valence-corrected chi connectivity index (χ3v) is 2.66. The van der Waals surface area contributed by atoms with Crippen LogP contribution >= 0.6 is 0 Å². The average Bonchev–Trinajstić information content (AvgIpc) is 3.02. The van der Waals surface area contributed by atoms with Crippen molar-refractivity contribution in [3.05, 3.63) is 48.4 Å². The second kappa shape index (κ2) is 7.87. The zero-order valence-corrected chi connectivity index (χ0v) is 12.1. The molecule has 6 nitrogen and oxygen atoms in total. The standard InChI is InChI=1S/C16H16O6/c1-2-3-9-20-16(18)22-13-7-4-6-12(11-13)21-15(17)14-8-5-10-19-14/h4-8,10-11H,2-3,9H2,1H3. The lowest BCUT2D eigenvalue weighted by Gasteiger charge is -2.07. The molecule has 2 aromatic rings. The van der Waals surface area contributed by atoms with Gasteiger partial charge in [0.25, 0.3) is 0 Å². The van der Waals surface area contributed by atoms with Crippen molar-refractivity contribution in [2.75, 3.05) is 6.61 Å². The first-order valence-electron chi connectivity index (χ1n) is 6.89. The minimum Gasteiger partial charge on any atom is -0.457 e. The van der Waals surface area contributed by atoms with Gasteiger partial charge >= 0.3 is 12.1 Å². The molecule has 0 radical (unpaired) electrons. The van der Waals surface area contributed by atoms with Crippen molar-refractivity contribution in [3.8, 4) is 11.5 Å². The van der Waals surface area contributed by atoms with Crippen LogP contribution < -0.4 is 9.47 Å². The first kappa shape index (κ1) is 15.6. The van der Waals surface area contributed by atoms with Crippen LogP contribution in [0.1, 0.15) is 30.3 Å². The molecule has 0 unspecified atom stereocenters. The summed E-state index contributed by atoms with van der Waals surface area (Å²) in [6, 6.07) is 9.22. The van der Waals surface area contributed by atoms with Gasteiger partial charge in [0.05, 0.1) is 12.9 Å². The van der Waals surface area contributed by atoms with Gasteiger partial charge in [-0.2, -0.15) is 0 Å². The molecule has 0 saturated carbocycles. The van der Waals surface area contributed by atoms with E-state index in [0.29, 0.717) is 6.61 Å². The van der Waals surface area contributed by atoms with Crippen LogP contribution in [0.15, 0.2) is 47.1 Å². The summed E-state index contributed by atoms with van der Waals surface area (Å²) in [5.74, 6) is -0.0792. The lowest BCUT2D eigenvalue weighted by atomic mass is 10.3. The summed E-state index contributed by atoms with van der Waals surface area (Å²) >= 11 is 0. The number of furan rings is 1. The average molecular weight is 304 g/mol. The van der Waals surface area contributed by atoms with Crippen molar-refractivity contribution in [2.24, 2.45) is 0 Å². The number of unbranched alkanes of at least 4 members (excludes halogenated alkanes) is 1. The number of ether oxygens (including phenoxy) is 3. The van der Waals surface area contributed by atoms with Crippen LogP contribution in [0.4, 0.5) is 4.79 Å². The number of hydrogen-bond donors (Lipinski definition) is 0. The number of carbonyl (C=O) groups is 2. The fourth-order valence-corrected chi connectivity index (χ4v) is 1.58. The second-order valence-electron chi connectivity index (χ2n) is 4.40. The first-order chi connectivity index (χ1) is 10.7. The molecule has 2 rings (SSSR count). The molecule has 0 spiro atoms. The van der Waals surface area contributed by atoms with E-state index in [-0.39, 0.29) is 17.3 Å². The van der Waals surface area contributed by atoms with Gasteiger partial charge in [0.15, 0.2) is 0 Å². The molecule has 0 aliphatic rings. The topological polar surface area (TPSA) is 75.0 Å². The molecule has 0 saturated heterocycles. The van der Waals surface area contributed by atoms with E-state index >= 15 is 0 Å². The Morgan fingerprint density at radius 1 is 1.09 bits per heavy atom. The number of carbonyl (C=O) groups excluding carboxylic acids is 2. The molecule has 22 heavy (non-hydrogen) atoms. The van der Waals surface area contributed by atoms with E-state index < -0.39 is 12.1 Å². The molecule has 1 aromatic heterocycles. The van der Waals surface area contributed by atoms with Gasteiger partial charge in [0, 0.05) is 6.07 Å². The molecule has 0 bridgehead atoms. The second-order valence-corrected chi connectivity index (χ2v) is 4.40. The van der Waals surface area contributed by atoms with Gasteiger partial charge in [0.2, 0.25) is 5.76 Å². The molecule has 0 fully saturated rings. The van der Waals surface area contributed by atoms with Crippen LogP contribution in [0, 0.1) is 0 Å². The van der Waals surface area contributed by atoms with E-state index in [9.17, 15) is 9.59 Å². The predicted molar refractivity (Wildman–Crippen MR) is 77.0 cm³/mol. The smallest absolute Gasteiger partial charge is 0.457 e. The van der Waals surface area contributed by atoms with Gasteiger partial charge in [-0.3, -0.25) is 0 Å². The summed E-state index contributed by atoms with van der Waals surface area (Å²) < 4.78 is 19.9. The highest BCUT2D eigenvalue weighted by atomic mass is 16.7. The SMILES string of the molecule is CCCCOC(=O)Oc1cccc(OC(=O)c2ccco2)c1.